The Morgan fingerprint density at radius 3 is 2.53 bits per heavy atom. The zero-order chi connectivity index (χ0) is 20.9. The summed E-state index contributed by atoms with van der Waals surface area (Å²) >= 11 is 1.34. The summed E-state index contributed by atoms with van der Waals surface area (Å²) in [6.45, 7) is 0.486. The summed E-state index contributed by atoms with van der Waals surface area (Å²) in [7, 11) is 0. The van der Waals surface area contributed by atoms with Crippen molar-refractivity contribution in [2.24, 2.45) is 0 Å². The Hall–Kier alpha value is -3.72. The molecule has 8 nitrogen and oxygen atoms in total. The maximum atomic E-state index is 11.6. The van der Waals surface area contributed by atoms with Crippen molar-refractivity contribution in [3.05, 3.63) is 88.5 Å². The predicted octanol–water partition coefficient (Wildman–Crippen LogP) is 3.35. The third-order valence-electron chi connectivity index (χ3n) is 4.25. The minimum atomic E-state index is -0.492. The van der Waals surface area contributed by atoms with Crippen molar-refractivity contribution in [3.8, 4) is 22.9 Å². The van der Waals surface area contributed by atoms with Crippen LogP contribution in [0.1, 0.15) is 11.3 Å². The van der Waals surface area contributed by atoms with Crippen LogP contribution >= 0.6 is 11.8 Å². The quantitative estimate of drug-likeness (QED) is 0.389. The van der Waals surface area contributed by atoms with Crippen LogP contribution in [0.25, 0.3) is 11.4 Å². The van der Waals surface area contributed by atoms with Crippen LogP contribution in [-0.4, -0.2) is 25.1 Å². The van der Waals surface area contributed by atoms with Gasteiger partial charge in [0, 0.05) is 11.6 Å². The number of phenols is 1. The number of hydrogen-bond acceptors (Lipinski definition) is 8. The van der Waals surface area contributed by atoms with Crippen LogP contribution in [0.4, 0.5) is 0 Å². The zero-order valence-corrected chi connectivity index (χ0v) is 16.5. The molecule has 152 valence electrons. The van der Waals surface area contributed by atoms with Crippen LogP contribution in [0.2, 0.25) is 0 Å². The number of thioether (sulfide) groups is 1. The molecule has 4 aromatic rings. The monoisotopic (exact) mass is 422 g/mol. The molecule has 0 fully saturated rings. The molecular formula is C21H18N4O4S. The van der Waals surface area contributed by atoms with E-state index in [0.29, 0.717) is 29.0 Å². The molecule has 4 rings (SSSR count). The predicted molar refractivity (Wildman–Crippen MR) is 113 cm³/mol. The summed E-state index contributed by atoms with van der Waals surface area (Å²) in [5.74, 6) is 1.18. The molecule has 2 heterocycles. The smallest absolute Gasteiger partial charge is 0.226 e. The van der Waals surface area contributed by atoms with Crippen LogP contribution in [-0.2, 0) is 12.3 Å². The molecule has 0 aliphatic heterocycles. The van der Waals surface area contributed by atoms with Gasteiger partial charge in [-0.05, 0) is 17.7 Å². The summed E-state index contributed by atoms with van der Waals surface area (Å²) in [5.41, 5.74) is 4.69. The van der Waals surface area contributed by atoms with Crippen LogP contribution in [0, 0.1) is 0 Å². The van der Waals surface area contributed by atoms with Crippen LogP contribution in [0.5, 0.6) is 11.5 Å². The zero-order valence-electron chi connectivity index (χ0n) is 15.7. The highest BCUT2D eigenvalue weighted by Gasteiger charge is 2.15. The van der Waals surface area contributed by atoms with Crippen LogP contribution < -0.4 is 10.9 Å². The van der Waals surface area contributed by atoms with Gasteiger partial charge in [0.15, 0.2) is 11.6 Å². The van der Waals surface area contributed by atoms with E-state index in [2.05, 4.69) is 15.6 Å². The maximum absolute atomic E-state index is 11.6. The Morgan fingerprint density at radius 1 is 1.03 bits per heavy atom. The first-order valence-electron chi connectivity index (χ1n) is 9.06. The summed E-state index contributed by atoms with van der Waals surface area (Å²) < 4.78 is 7.04. The standard InChI is InChI=1S/C21H18N4O4S/c26-16-8-6-14(7-9-16)11-22-25-20(15-4-2-1-3-5-15)23-24-21(25)30-13-17-10-18(27)19(28)12-29-17/h1-10,12,22,26,28H,11,13H2. The van der Waals surface area contributed by atoms with E-state index in [1.54, 1.807) is 16.8 Å². The number of benzene rings is 2. The van der Waals surface area contributed by atoms with Crippen LogP contribution in [0.3, 0.4) is 0 Å². The Kier molecular flexibility index (Phi) is 5.71. The molecule has 0 amide bonds. The Morgan fingerprint density at radius 2 is 1.80 bits per heavy atom. The Balaban J connectivity index is 1.58. The van der Waals surface area contributed by atoms with Gasteiger partial charge in [-0.2, -0.15) is 0 Å². The fourth-order valence-electron chi connectivity index (χ4n) is 2.72. The fourth-order valence-corrected chi connectivity index (χ4v) is 3.52. The molecule has 0 unspecified atom stereocenters. The van der Waals surface area contributed by atoms with E-state index in [0.717, 1.165) is 17.4 Å². The molecule has 0 aliphatic carbocycles. The van der Waals surface area contributed by atoms with E-state index in [-0.39, 0.29) is 5.75 Å². The maximum Gasteiger partial charge on any atom is 0.226 e. The van der Waals surface area contributed by atoms with Gasteiger partial charge in [0.1, 0.15) is 17.8 Å². The molecule has 2 aromatic carbocycles. The second-order valence-corrected chi connectivity index (χ2v) is 7.34. The van der Waals surface area contributed by atoms with E-state index >= 15 is 0 Å². The van der Waals surface area contributed by atoms with Gasteiger partial charge in [-0.1, -0.05) is 54.2 Å². The van der Waals surface area contributed by atoms with Gasteiger partial charge in [-0.15, -0.1) is 10.2 Å². The van der Waals surface area contributed by atoms with Crippen LogP contribution in [0.15, 0.2) is 81.3 Å². The van der Waals surface area contributed by atoms with Gasteiger partial charge in [-0.25, -0.2) is 4.68 Å². The van der Waals surface area contributed by atoms with Crippen molar-refractivity contribution in [3.63, 3.8) is 0 Å². The number of rotatable bonds is 7. The number of hydrogen-bond donors (Lipinski definition) is 3. The second kappa shape index (κ2) is 8.75. The molecule has 0 saturated carbocycles. The van der Waals surface area contributed by atoms with Crippen molar-refractivity contribution in [1.82, 2.24) is 14.9 Å². The van der Waals surface area contributed by atoms with Crippen molar-refractivity contribution in [2.75, 3.05) is 5.43 Å². The highest BCUT2D eigenvalue weighted by atomic mass is 32.2. The molecule has 0 spiro atoms. The van der Waals surface area contributed by atoms with E-state index in [1.807, 2.05) is 42.5 Å². The van der Waals surface area contributed by atoms with E-state index in [9.17, 15) is 15.0 Å². The molecule has 0 radical (unpaired) electrons. The lowest BCUT2D eigenvalue weighted by molar-refractivity contribution is 0.419. The van der Waals surface area contributed by atoms with Gasteiger partial charge < -0.3 is 20.1 Å². The lowest BCUT2D eigenvalue weighted by atomic mass is 10.2. The van der Waals surface area contributed by atoms with Gasteiger partial charge in [0.2, 0.25) is 10.6 Å². The van der Waals surface area contributed by atoms with E-state index in [4.69, 9.17) is 4.42 Å². The first-order chi connectivity index (χ1) is 14.6. The topological polar surface area (TPSA) is 113 Å². The highest BCUT2D eigenvalue weighted by molar-refractivity contribution is 7.98. The number of phenolic OH excluding ortho intramolecular Hbond substituents is 1. The van der Waals surface area contributed by atoms with Crippen molar-refractivity contribution in [2.45, 2.75) is 17.5 Å². The molecular weight excluding hydrogens is 404 g/mol. The van der Waals surface area contributed by atoms with E-state index in [1.165, 1.54) is 17.8 Å². The second-order valence-electron chi connectivity index (χ2n) is 6.39. The highest BCUT2D eigenvalue weighted by Crippen LogP contribution is 2.25. The number of nitrogens with zero attached hydrogens (tertiary/aromatic N) is 3. The number of nitrogens with one attached hydrogen (secondary N) is 1. The SMILES string of the molecule is O=c1cc(CSc2nnc(-c3ccccc3)n2NCc2ccc(O)cc2)occ1O. The van der Waals surface area contributed by atoms with Gasteiger partial charge >= 0.3 is 0 Å². The molecule has 9 heteroatoms. The first kappa shape index (κ1) is 19.6. The molecule has 0 bridgehead atoms. The lowest BCUT2D eigenvalue weighted by Crippen LogP contribution is -2.17. The normalized spacial score (nSPS) is 10.8. The van der Waals surface area contributed by atoms with Gasteiger partial charge in [-0.3, -0.25) is 4.79 Å². The lowest BCUT2D eigenvalue weighted by Gasteiger charge is -2.13. The fraction of sp³-hybridized carbons (Fsp3) is 0.0952. The first-order valence-corrected chi connectivity index (χ1v) is 10.0. The average Bonchev–Trinajstić information content (AvgIpc) is 3.17. The molecule has 2 aromatic heterocycles. The van der Waals surface area contributed by atoms with Gasteiger partial charge in [0.05, 0.1) is 12.3 Å². The molecule has 0 aliphatic rings. The average molecular weight is 422 g/mol. The summed E-state index contributed by atoms with van der Waals surface area (Å²) in [5, 5.41) is 28.0. The summed E-state index contributed by atoms with van der Waals surface area (Å²) in [6, 6.07) is 17.8. The number of aromatic nitrogens is 3. The van der Waals surface area contributed by atoms with Crippen molar-refractivity contribution < 1.29 is 14.6 Å². The minimum absolute atomic E-state index is 0.208. The third-order valence-corrected chi connectivity index (χ3v) is 5.20. The Bertz CT molecular complexity index is 1190. The van der Waals surface area contributed by atoms with E-state index < -0.39 is 11.2 Å². The molecule has 30 heavy (non-hydrogen) atoms. The van der Waals surface area contributed by atoms with Crippen molar-refractivity contribution in [1.29, 1.82) is 0 Å². The molecule has 0 saturated heterocycles. The van der Waals surface area contributed by atoms with Crippen molar-refractivity contribution >= 4 is 11.8 Å². The summed E-state index contributed by atoms with van der Waals surface area (Å²) in [6.07, 6.45) is 1.03. The third kappa shape index (κ3) is 4.47. The largest absolute Gasteiger partial charge is 0.508 e. The molecule has 3 N–H and O–H groups in total. The number of aromatic hydroxyl groups is 2. The summed E-state index contributed by atoms with van der Waals surface area (Å²) in [4.78, 5) is 11.6. The Labute approximate surface area is 175 Å². The molecule has 0 atom stereocenters. The minimum Gasteiger partial charge on any atom is -0.508 e. The van der Waals surface area contributed by atoms with Gasteiger partial charge in [0.25, 0.3) is 0 Å².